The molecule has 0 saturated heterocycles. The molecule has 0 aliphatic heterocycles. The number of allylic oxidation sites excluding steroid dienone is 8. The number of hydrogen-bond donors (Lipinski definition) is 0. The summed E-state index contributed by atoms with van der Waals surface area (Å²) in [5, 5.41) is 0. The van der Waals surface area contributed by atoms with Crippen LogP contribution >= 0.6 is 0 Å². The second kappa shape index (κ2) is 6.46. The van der Waals surface area contributed by atoms with Crippen molar-refractivity contribution in [1.82, 2.24) is 0 Å². The molecule has 0 heterocycles. The highest BCUT2D eigenvalue weighted by Gasteiger charge is 2.16. The number of nitrogens with zero attached hydrogens (tertiary/aromatic N) is 2. The van der Waals surface area contributed by atoms with E-state index in [1.165, 1.54) is 0 Å². The van der Waals surface area contributed by atoms with Crippen LogP contribution in [0.15, 0.2) is 58.6 Å². The molecule has 0 amide bonds. The monoisotopic (exact) mass is 254 g/mol. The molecule has 0 unspecified atom stereocenters. The maximum atomic E-state index is 4.55. The van der Waals surface area contributed by atoms with Crippen molar-refractivity contribution in [2.24, 2.45) is 27.2 Å². The van der Waals surface area contributed by atoms with E-state index in [4.69, 9.17) is 0 Å². The Balaban J connectivity index is 1.74. The summed E-state index contributed by atoms with van der Waals surface area (Å²) in [5.74, 6) is 0.765. The molecular weight excluding hydrogens is 232 g/mol. The van der Waals surface area contributed by atoms with Crippen LogP contribution in [0.25, 0.3) is 0 Å². The van der Waals surface area contributed by atoms with E-state index in [2.05, 4.69) is 72.4 Å². The summed E-state index contributed by atoms with van der Waals surface area (Å²) in [6.07, 6.45) is 20.9. The van der Waals surface area contributed by atoms with Crippen LogP contribution < -0.4 is 0 Å². The fourth-order valence-corrected chi connectivity index (χ4v) is 1.99. The zero-order chi connectivity index (χ0) is 13.6. The number of aliphatic imine (C=N–C) groups is 2. The van der Waals surface area contributed by atoms with E-state index < -0.39 is 0 Å². The molecule has 0 aromatic carbocycles. The molecule has 2 heteroatoms. The molecule has 2 nitrogen and oxygen atoms in total. The summed E-state index contributed by atoms with van der Waals surface area (Å²) in [7, 11) is 0. The van der Waals surface area contributed by atoms with Gasteiger partial charge in [0.1, 0.15) is 0 Å². The van der Waals surface area contributed by atoms with Gasteiger partial charge in [0.25, 0.3) is 0 Å². The van der Waals surface area contributed by atoms with E-state index in [-0.39, 0.29) is 5.41 Å². The van der Waals surface area contributed by atoms with Gasteiger partial charge in [-0.25, -0.2) is 0 Å². The lowest BCUT2D eigenvalue weighted by atomic mass is 9.94. The van der Waals surface area contributed by atoms with Crippen molar-refractivity contribution in [3.8, 4) is 0 Å². The van der Waals surface area contributed by atoms with Crippen molar-refractivity contribution in [3.05, 3.63) is 48.6 Å². The molecule has 0 N–H and O–H groups in total. The lowest BCUT2D eigenvalue weighted by Crippen LogP contribution is -2.20. The third kappa shape index (κ3) is 4.82. The minimum atomic E-state index is 0.116. The topological polar surface area (TPSA) is 24.7 Å². The van der Waals surface area contributed by atoms with Crippen molar-refractivity contribution >= 4 is 12.4 Å². The molecule has 2 aliphatic rings. The van der Waals surface area contributed by atoms with Crippen LogP contribution in [0.5, 0.6) is 0 Å². The minimum Gasteiger partial charge on any atom is -0.296 e. The molecule has 0 radical (unpaired) electrons. The summed E-state index contributed by atoms with van der Waals surface area (Å²) >= 11 is 0. The fourth-order valence-electron chi connectivity index (χ4n) is 1.99. The smallest absolute Gasteiger partial charge is 0.0454 e. The Hall–Kier alpha value is -1.70. The molecule has 0 bridgehead atoms. The summed E-state index contributed by atoms with van der Waals surface area (Å²) < 4.78 is 0. The van der Waals surface area contributed by atoms with E-state index in [0.717, 1.165) is 13.1 Å². The Morgan fingerprint density at radius 1 is 0.789 bits per heavy atom. The molecule has 0 atom stereocenters. The molecule has 19 heavy (non-hydrogen) atoms. The van der Waals surface area contributed by atoms with Gasteiger partial charge in [-0.3, -0.25) is 9.98 Å². The van der Waals surface area contributed by atoms with Crippen molar-refractivity contribution in [2.45, 2.75) is 13.8 Å². The molecule has 0 aromatic rings. The zero-order valence-electron chi connectivity index (χ0n) is 11.7. The highest BCUT2D eigenvalue weighted by atomic mass is 14.8. The molecular formula is C17H22N2. The van der Waals surface area contributed by atoms with Gasteiger partial charge in [-0.2, -0.15) is 0 Å². The first-order valence-electron chi connectivity index (χ1n) is 6.86. The molecule has 2 rings (SSSR count). The van der Waals surface area contributed by atoms with Gasteiger partial charge in [-0.05, 0) is 0 Å². The first-order chi connectivity index (χ1) is 9.16. The summed E-state index contributed by atoms with van der Waals surface area (Å²) in [6, 6.07) is 0. The molecule has 0 saturated carbocycles. The lowest BCUT2D eigenvalue weighted by Gasteiger charge is -2.19. The van der Waals surface area contributed by atoms with E-state index in [0.29, 0.717) is 11.8 Å². The Labute approximate surface area is 116 Å². The normalized spacial score (nSPS) is 19.9. The second-order valence-electron chi connectivity index (χ2n) is 5.84. The molecule has 2 aliphatic carbocycles. The van der Waals surface area contributed by atoms with Gasteiger partial charge in [-0.1, -0.05) is 62.5 Å². The zero-order valence-corrected chi connectivity index (χ0v) is 11.7. The predicted molar refractivity (Wildman–Crippen MR) is 84.0 cm³/mol. The summed E-state index contributed by atoms with van der Waals surface area (Å²) in [6.45, 7) is 6.06. The summed E-state index contributed by atoms with van der Waals surface area (Å²) in [5.41, 5.74) is 0.116. The van der Waals surface area contributed by atoms with Gasteiger partial charge in [-0.15, -0.1) is 0 Å². The van der Waals surface area contributed by atoms with Gasteiger partial charge in [0, 0.05) is 42.8 Å². The van der Waals surface area contributed by atoms with Crippen LogP contribution in [0, 0.1) is 17.3 Å². The predicted octanol–water partition coefficient (Wildman–Crippen LogP) is 3.64. The van der Waals surface area contributed by atoms with Crippen LogP contribution in [0.4, 0.5) is 0 Å². The first kappa shape index (κ1) is 13.7. The minimum absolute atomic E-state index is 0.116. The molecule has 100 valence electrons. The molecule has 0 fully saturated rings. The van der Waals surface area contributed by atoms with E-state index in [1.807, 2.05) is 12.4 Å². The van der Waals surface area contributed by atoms with E-state index in [9.17, 15) is 0 Å². The van der Waals surface area contributed by atoms with Gasteiger partial charge in [0.15, 0.2) is 0 Å². The van der Waals surface area contributed by atoms with Gasteiger partial charge in [0.05, 0.1) is 0 Å². The van der Waals surface area contributed by atoms with Crippen LogP contribution in [-0.4, -0.2) is 25.5 Å². The van der Waals surface area contributed by atoms with Gasteiger partial charge < -0.3 is 0 Å². The third-order valence-corrected chi connectivity index (χ3v) is 3.15. The molecule has 0 spiro atoms. The maximum absolute atomic E-state index is 4.55. The number of rotatable bonds is 6. The van der Waals surface area contributed by atoms with Crippen molar-refractivity contribution in [2.75, 3.05) is 13.1 Å². The highest BCUT2D eigenvalue weighted by molar-refractivity contribution is 5.68. The third-order valence-electron chi connectivity index (χ3n) is 3.15. The largest absolute Gasteiger partial charge is 0.296 e. The maximum Gasteiger partial charge on any atom is 0.0454 e. The van der Waals surface area contributed by atoms with E-state index >= 15 is 0 Å². The standard InChI is InChI=1S/C17H22N2/c1-17(2,13-18-11-15-7-3-4-8-15)14-19-12-16-9-5-6-10-16/h3-12,15-16H,13-14H2,1-2H3. The van der Waals surface area contributed by atoms with Gasteiger partial charge >= 0.3 is 0 Å². The van der Waals surface area contributed by atoms with Crippen LogP contribution in [-0.2, 0) is 0 Å². The van der Waals surface area contributed by atoms with E-state index in [1.54, 1.807) is 0 Å². The average molecular weight is 254 g/mol. The first-order valence-corrected chi connectivity index (χ1v) is 6.86. The Bertz CT molecular complexity index is 396. The Morgan fingerprint density at radius 3 is 1.53 bits per heavy atom. The fraction of sp³-hybridized carbons (Fsp3) is 0.412. The Morgan fingerprint density at radius 2 is 1.16 bits per heavy atom. The van der Waals surface area contributed by atoms with Crippen molar-refractivity contribution in [3.63, 3.8) is 0 Å². The Kier molecular flexibility index (Phi) is 4.67. The van der Waals surface area contributed by atoms with Crippen LogP contribution in [0.3, 0.4) is 0 Å². The lowest BCUT2D eigenvalue weighted by molar-refractivity contribution is 0.395. The average Bonchev–Trinajstić information content (AvgIpc) is 3.01. The van der Waals surface area contributed by atoms with Crippen LogP contribution in [0.2, 0.25) is 0 Å². The summed E-state index contributed by atoms with van der Waals surface area (Å²) in [4.78, 5) is 9.09. The molecule has 0 aromatic heterocycles. The van der Waals surface area contributed by atoms with Crippen molar-refractivity contribution < 1.29 is 0 Å². The quantitative estimate of drug-likeness (QED) is 0.647. The SMILES string of the molecule is CC(C)(CN=CC1C=CC=C1)CN=CC1C=CC=C1. The van der Waals surface area contributed by atoms with Gasteiger partial charge in [0.2, 0.25) is 0 Å². The van der Waals surface area contributed by atoms with Crippen molar-refractivity contribution in [1.29, 1.82) is 0 Å². The highest BCUT2D eigenvalue weighted by Crippen LogP contribution is 2.17. The number of hydrogen-bond acceptors (Lipinski definition) is 2. The second-order valence-corrected chi connectivity index (χ2v) is 5.84. The van der Waals surface area contributed by atoms with Crippen LogP contribution in [0.1, 0.15) is 13.8 Å².